The number of carboxylic acids is 1. The molecular formula is C27H22ClN2O6-. The van der Waals surface area contributed by atoms with Crippen LogP contribution in [0.4, 0.5) is 5.69 Å². The van der Waals surface area contributed by atoms with E-state index in [9.17, 15) is 19.5 Å². The molecule has 184 valence electrons. The Morgan fingerprint density at radius 2 is 1.97 bits per heavy atom. The van der Waals surface area contributed by atoms with Crippen molar-refractivity contribution in [3.63, 3.8) is 0 Å². The molecule has 1 aromatic heterocycles. The molecule has 9 heteroatoms. The first-order valence-corrected chi connectivity index (χ1v) is 11.7. The molecule has 0 unspecified atom stereocenters. The van der Waals surface area contributed by atoms with Gasteiger partial charge in [0.2, 0.25) is 0 Å². The fourth-order valence-corrected chi connectivity index (χ4v) is 3.77. The van der Waals surface area contributed by atoms with Crippen molar-refractivity contribution in [1.29, 1.82) is 0 Å². The third-order valence-corrected chi connectivity index (χ3v) is 5.83. The maximum absolute atomic E-state index is 13.0. The summed E-state index contributed by atoms with van der Waals surface area (Å²) in [6.45, 7) is 3.99. The van der Waals surface area contributed by atoms with Gasteiger partial charge in [-0.05, 0) is 67.4 Å². The second kappa shape index (κ2) is 10.6. The standard InChI is InChI=1S/C27H23ClN2O6/c1-3-4-12-35-27(34)22-14-17(8-10-23(22)28)24-11-9-20(36-24)15-21-16(2)29-30(25(21)31)19-7-5-6-18(13-19)26(32)33/h5-11,13-15H,3-4,12H2,1-2H3,(H,32,33)/p-1. The number of aromatic carboxylic acids is 1. The molecule has 0 N–H and O–H groups in total. The zero-order valence-electron chi connectivity index (χ0n) is 19.6. The lowest BCUT2D eigenvalue weighted by Crippen LogP contribution is -2.24. The Hall–Kier alpha value is -4.17. The minimum Gasteiger partial charge on any atom is -0.545 e. The van der Waals surface area contributed by atoms with Gasteiger partial charge in [0, 0.05) is 5.56 Å². The number of hydrazone groups is 1. The number of anilines is 1. The SMILES string of the molecule is CCCCOC(=O)c1cc(-c2ccc(C=C3C(=O)N(c4cccc(C(=O)[O-])c4)N=C3C)o2)ccc1Cl. The first kappa shape index (κ1) is 24.9. The number of unbranched alkanes of at least 4 members (excludes halogenated alkanes) is 1. The Kier molecular flexibility index (Phi) is 7.36. The monoisotopic (exact) mass is 505 g/mol. The molecule has 0 bridgehead atoms. The van der Waals surface area contributed by atoms with Gasteiger partial charge in [-0.2, -0.15) is 10.1 Å². The number of carbonyl (C=O) groups is 3. The number of amides is 1. The van der Waals surface area contributed by atoms with Gasteiger partial charge in [0.05, 0.1) is 40.1 Å². The predicted octanol–water partition coefficient (Wildman–Crippen LogP) is 4.73. The molecule has 4 rings (SSSR count). The summed E-state index contributed by atoms with van der Waals surface area (Å²) in [6.07, 6.45) is 3.23. The van der Waals surface area contributed by atoms with Gasteiger partial charge in [-0.3, -0.25) is 4.79 Å². The van der Waals surface area contributed by atoms with Crippen LogP contribution in [0.1, 0.15) is 53.2 Å². The lowest BCUT2D eigenvalue weighted by atomic mass is 10.1. The van der Waals surface area contributed by atoms with Crippen molar-refractivity contribution < 1.29 is 28.6 Å². The molecule has 0 saturated carbocycles. The summed E-state index contributed by atoms with van der Waals surface area (Å²) in [4.78, 5) is 36.6. The summed E-state index contributed by atoms with van der Waals surface area (Å²) in [6, 6.07) is 14.1. The number of esters is 1. The zero-order valence-corrected chi connectivity index (χ0v) is 20.4. The molecule has 2 heterocycles. The highest BCUT2D eigenvalue weighted by Gasteiger charge is 2.29. The van der Waals surface area contributed by atoms with Gasteiger partial charge < -0.3 is 19.1 Å². The quantitative estimate of drug-likeness (QED) is 0.248. The number of furan rings is 1. The Labute approximate surface area is 212 Å². The second-order valence-electron chi connectivity index (χ2n) is 8.08. The first-order chi connectivity index (χ1) is 17.3. The van der Waals surface area contributed by atoms with E-state index in [2.05, 4.69) is 5.10 Å². The van der Waals surface area contributed by atoms with E-state index in [1.54, 1.807) is 49.4 Å². The van der Waals surface area contributed by atoms with Crippen molar-refractivity contribution in [2.24, 2.45) is 5.10 Å². The van der Waals surface area contributed by atoms with E-state index >= 15 is 0 Å². The van der Waals surface area contributed by atoms with Crippen LogP contribution in [-0.2, 0) is 9.53 Å². The summed E-state index contributed by atoms with van der Waals surface area (Å²) >= 11 is 6.20. The van der Waals surface area contributed by atoms with Crippen LogP contribution >= 0.6 is 11.6 Å². The molecule has 3 aromatic rings. The molecule has 1 aliphatic heterocycles. The first-order valence-electron chi connectivity index (χ1n) is 11.3. The third kappa shape index (κ3) is 5.23. The smallest absolute Gasteiger partial charge is 0.339 e. The van der Waals surface area contributed by atoms with Crippen LogP contribution in [0.2, 0.25) is 5.02 Å². The Morgan fingerprint density at radius 3 is 2.72 bits per heavy atom. The molecule has 0 aliphatic carbocycles. The van der Waals surface area contributed by atoms with Crippen LogP contribution in [0.5, 0.6) is 0 Å². The van der Waals surface area contributed by atoms with Crippen LogP contribution in [0, 0.1) is 0 Å². The number of carbonyl (C=O) groups excluding carboxylic acids is 3. The van der Waals surface area contributed by atoms with E-state index < -0.39 is 17.8 Å². The molecule has 0 atom stereocenters. The van der Waals surface area contributed by atoms with Gasteiger partial charge >= 0.3 is 5.97 Å². The molecule has 1 aliphatic rings. The third-order valence-electron chi connectivity index (χ3n) is 5.50. The summed E-state index contributed by atoms with van der Waals surface area (Å²) in [5.41, 5.74) is 1.86. The molecule has 36 heavy (non-hydrogen) atoms. The van der Waals surface area contributed by atoms with Gasteiger partial charge in [-0.1, -0.05) is 37.1 Å². The molecule has 1 amide bonds. The van der Waals surface area contributed by atoms with Crippen LogP contribution in [-0.4, -0.2) is 30.2 Å². The van der Waals surface area contributed by atoms with E-state index in [1.165, 1.54) is 18.2 Å². The topological polar surface area (TPSA) is 112 Å². The van der Waals surface area contributed by atoms with Crippen molar-refractivity contribution >= 4 is 46.9 Å². The molecular weight excluding hydrogens is 484 g/mol. The number of benzene rings is 2. The average Bonchev–Trinajstić information content (AvgIpc) is 3.44. The van der Waals surface area contributed by atoms with Crippen molar-refractivity contribution in [1.82, 2.24) is 0 Å². The van der Waals surface area contributed by atoms with Crippen molar-refractivity contribution in [2.75, 3.05) is 11.6 Å². The predicted molar refractivity (Wildman–Crippen MR) is 134 cm³/mol. The van der Waals surface area contributed by atoms with Gasteiger partial charge in [0.15, 0.2) is 0 Å². The summed E-state index contributed by atoms with van der Waals surface area (Å²) in [7, 11) is 0. The van der Waals surface area contributed by atoms with E-state index in [4.69, 9.17) is 20.8 Å². The summed E-state index contributed by atoms with van der Waals surface area (Å²) < 4.78 is 11.2. The van der Waals surface area contributed by atoms with Crippen LogP contribution < -0.4 is 10.1 Å². The van der Waals surface area contributed by atoms with Gasteiger partial charge in [-0.25, -0.2) is 4.79 Å². The molecule has 8 nitrogen and oxygen atoms in total. The fourth-order valence-electron chi connectivity index (χ4n) is 3.57. The van der Waals surface area contributed by atoms with E-state index in [-0.39, 0.29) is 16.1 Å². The maximum Gasteiger partial charge on any atom is 0.339 e. The Balaban J connectivity index is 1.56. The largest absolute Gasteiger partial charge is 0.545 e. The minimum absolute atomic E-state index is 0.0576. The Bertz CT molecular complexity index is 1400. The normalized spacial score (nSPS) is 14.3. The summed E-state index contributed by atoms with van der Waals surface area (Å²) in [5, 5.41) is 16.8. The molecule has 0 saturated heterocycles. The van der Waals surface area contributed by atoms with Gasteiger partial charge in [0.25, 0.3) is 5.91 Å². The minimum atomic E-state index is -1.34. The lowest BCUT2D eigenvalue weighted by molar-refractivity contribution is -0.255. The van der Waals surface area contributed by atoms with E-state index in [1.807, 2.05) is 6.92 Å². The van der Waals surface area contributed by atoms with E-state index in [0.29, 0.717) is 40.7 Å². The summed E-state index contributed by atoms with van der Waals surface area (Å²) in [5.74, 6) is -1.41. The maximum atomic E-state index is 13.0. The molecule has 0 radical (unpaired) electrons. The highest BCUT2D eigenvalue weighted by molar-refractivity contribution is 6.33. The number of nitrogens with zero attached hydrogens (tertiary/aromatic N) is 2. The highest BCUT2D eigenvalue weighted by atomic mass is 35.5. The van der Waals surface area contributed by atoms with Crippen LogP contribution in [0.3, 0.4) is 0 Å². The number of carboxylic acid groups (broad SMARTS) is 1. The zero-order chi connectivity index (χ0) is 25.8. The van der Waals surface area contributed by atoms with Crippen LogP contribution in [0.25, 0.3) is 17.4 Å². The number of hydrogen-bond donors (Lipinski definition) is 0. The second-order valence-corrected chi connectivity index (χ2v) is 8.49. The Morgan fingerprint density at radius 1 is 1.17 bits per heavy atom. The van der Waals surface area contributed by atoms with Crippen LogP contribution in [0.15, 0.2) is 69.7 Å². The fraction of sp³-hybridized carbons (Fsp3) is 0.185. The number of hydrogen-bond acceptors (Lipinski definition) is 7. The van der Waals surface area contributed by atoms with Crippen molar-refractivity contribution in [3.8, 4) is 11.3 Å². The molecule has 0 spiro atoms. The number of halogens is 1. The average molecular weight is 506 g/mol. The number of ether oxygens (including phenoxy) is 1. The molecule has 2 aromatic carbocycles. The lowest BCUT2D eigenvalue weighted by Gasteiger charge is -2.13. The number of rotatable bonds is 8. The van der Waals surface area contributed by atoms with Gasteiger partial charge in [0.1, 0.15) is 11.5 Å². The van der Waals surface area contributed by atoms with Gasteiger partial charge in [-0.15, -0.1) is 0 Å². The highest BCUT2D eigenvalue weighted by Crippen LogP contribution is 2.30. The van der Waals surface area contributed by atoms with Crippen molar-refractivity contribution in [3.05, 3.63) is 82.1 Å². The van der Waals surface area contributed by atoms with E-state index in [0.717, 1.165) is 17.9 Å². The molecule has 0 fully saturated rings. The van der Waals surface area contributed by atoms with Crippen molar-refractivity contribution in [2.45, 2.75) is 26.7 Å².